The van der Waals surface area contributed by atoms with Crippen molar-refractivity contribution in [3.63, 3.8) is 0 Å². The van der Waals surface area contributed by atoms with E-state index in [0.717, 1.165) is 51.2 Å². The summed E-state index contributed by atoms with van der Waals surface area (Å²) >= 11 is 0. The number of hydrogen-bond donors (Lipinski definition) is 0. The van der Waals surface area contributed by atoms with Gasteiger partial charge in [-0.2, -0.15) is 0 Å². The number of hydrogen-bond acceptors (Lipinski definition) is 3. The van der Waals surface area contributed by atoms with Gasteiger partial charge in [-0.3, -0.25) is 9.69 Å². The van der Waals surface area contributed by atoms with Crippen LogP contribution in [0.1, 0.15) is 47.4 Å². The Morgan fingerprint density at radius 1 is 0.794 bits per heavy atom. The van der Waals surface area contributed by atoms with E-state index in [9.17, 15) is 4.79 Å². The minimum Gasteiger partial charge on any atom is -0.489 e. The second kappa shape index (κ2) is 10.4. The third kappa shape index (κ3) is 5.34. The Labute approximate surface area is 203 Å². The van der Waals surface area contributed by atoms with Gasteiger partial charge in [0.05, 0.1) is 6.04 Å². The van der Waals surface area contributed by atoms with Gasteiger partial charge in [-0.15, -0.1) is 0 Å². The Bertz CT molecular complexity index is 1070. The summed E-state index contributed by atoms with van der Waals surface area (Å²) in [6, 6.07) is 27.5. The standard InChI is InChI=1S/C30H34N2O2/c1-23-7-9-24(10-8-23)21-32-20-17-29(30(32)33)31-18-15-27(16-19-31)26-11-13-28(14-12-26)34-22-25-5-3-2-4-6-25/h2-14,27,29H,15-22H2,1H3. The lowest BCUT2D eigenvalue weighted by Crippen LogP contribution is -2.45. The van der Waals surface area contributed by atoms with E-state index >= 15 is 0 Å². The smallest absolute Gasteiger partial charge is 0.240 e. The summed E-state index contributed by atoms with van der Waals surface area (Å²) in [7, 11) is 0. The molecule has 0 saturated carbocycles. The van der Waals surface area contributed by atoms with Crippen molar-refractivity contribution in [3.8, 4) is 5.75 Å². The van der Waals surface area contributed by atoms with E-state index in [1.54, 1.807) is 0 Å². The SMILES string of the molecule is Cc1ccc(CN2CCC(N3CCC(c4ccc(OCc5ccccc5)cc4)CC3)C2=O)cc1. The highest BCUT2D eigenvalue weighted by Gasteiger charge is 2.37. The summed E-state index contributed by atoms with van der Waals surface area (Å²) in [5.74, 6) is 1.77. The van der Waals surface area contributed by atoms with Crippen LogP contribution in [0, 0.1) is 6.92 Å². The summed E-state index contributed by atoms with van der Waals surface area (Å²) in [6.07, 6.45) is 3.15. The van der Waals surface area contributed by atoms with E-state index < -0.39 is 0 Å². The number of carbonyl (C=O) groups excluding carboxylic acids is 1. The molecule has 2 aliphatic heterocycles. The van der Waals surface area contributed by atoms with Gasteiger partial charge in [0.25, 0.3) is 0 Å². The fraction of sp³-hybridized carbons (Fsp3) is 0.367. The normalized spacial score (nSPS) is 19.5. The van der Waals surface area contributed by atoms with Gasteiger partial charge in [-0.25, -0.2) is 0 Å². The van der Waals surface area contributed by atoms with Crippen molar-refractivity contribution >= 4 is 5.91 Å². The van der Waals surface area contributed by atoms with Crippen LogP contribution in [-0.4, -0.2) is 41.4 Å². The molecule has 176 valence electrons. The van der Waals surface area contributed by atoms with Gasteiger partial charge in [0.1, 0.15) is 12.4 Å². The molecule has 0 radical (unpaired) electrons. The average Bonchev–Trinajstić information content (AvgIpc) is 3.25. The van der Waals surface area contributed by atoms with Gasteiger partial charge < -0.3 is 9.64 Å². The Morgan fingerprint density at radius 3 is 2.21 bits per heavy atom. The first-order chi connectivity index (χ1) is 16.7. The lowest BCUT2D eigenvalue weighted by molar-refractivity contribution is -0.133. The molecule has 0 aromatic heterocycles. The molecule has 0 spiro atoms. The van der Waals surface area contributed by atoms with Crippen molar-refractivity contribution < 1.29 is 9.53 Å². The number of rotatable bonds is 7. The molecule has 0 N–H and O–H groups in total. The minimum atomic E-state index is 0.0557. The Morgan fingerprint density at radius 2 is 1.50 bits per heavy atom. The topological polar surface area (TPSA) is 32.8 Å². The lowest BCUT2D eigenvalue weighted by Gasteiger charge is -2.35. The zero-order valence-electron chi connectivity index (χ0n) is 20.0. The molecule has 3 aromatic carbocycles. The Balaban J connectivity index is 1.11. The molecule has 4 heteroatoms. The molecule has 2 saturated heterocycles. The zero-order chi connectivity index (χ0) is 23.3. The van der Waals surface area contributed by atoms with Crippen molar-refractivity contribution in [2.24, 2.45) is 0 Å². The molecular weight excluding hydrogens is 420 g/mol. The summed E-state index contributed by atoms with van der Waals surface area (Å²) in [4.78, 5) is 17.6. The van der Waals surface area contributed by atoms with E-state index in [4.69, 9.17) is 4.74 Å². The maximum absolute atomic E-state index is 13.1. The molecule has 3 aromatic rings. The molecule has 2 heterocycles. The van der Waals surface area contributed by atoms with Gasteiger partial charge in [0, 0.05) is 13.1 Å². The molecule has 2 fully saturated rings. The van der Waals surface area contributed by atoms with Crippen LogP contribution in [0.15, 0.2) is 78.9 Å². The third-order valence-corrected chi connectivity index (χ3v) is 7.33. The molecule has 1 atom stereocenters. The molecule has 0 bridgehead atoms. The number of aryl methyl sites for hydroxylation is 1. The van der Waals surface area contributed by atoms with E-state index in [0.29, 0.717) is 18.4 Å². The number of piperidine rings is 1. The second-order valence-electron chi connectivity index (χ2n) is 9.70. The Kier molecular flexibility index (Phi) is 6.96. The van der Waals surface area contributed by atoms with E-state index in [-0.39, 0.29) is 6.04 Å². The predicted octanol–water partition coefficient (Wildman–Crippen LogP) is 5.55. The van der Waals surface area contributed by atoms with Gasteiger partial charge in [-0.05, 0) is 74.0 Å². The maximum Gasteiger partial charge on any atom is 0.240 e. The summed E-state index contributed by atoms with van der Waals surface area (Å²) in [6.45, 7) is 6.26. The van der Waals surface area contributed by atoms with Crippen molar-refractivity contribution in [1.29, 1.82) is 0 Å². The molecule has 0 aliphatic carbocycles. The summed E-state index contributed by atoms with van der Waals surface area (Å²) in [5.41, 5.74) is 5.03. The van der Waals surface area contributed by atoms with Gasteiger partial charge >= 0.3 is 0 Å². The highest BCUT2D eigenvalue weighted by Crippen LogP contribution is 2.32. The number of ether oxygens (including phenoxy) is 1. The molecule has 4 nitrogen and oxygen atoms in total. The fourth-order valence-corrected chi connectivity index (χ4v) is 5.25. The highest BCUT2D eigenvalue weighted by atomic mass is 16.5. The zero-order valence-corrected chi connectivity index (χ0v) is 20.0. The van der Waals surface area contributed by atoms with Crippen LogP contribution in [0.5, 0.6) is 5.75 Å². The number of benzene rings is 3. The first-order valence-corrected chi connectivity index (χ1v) is 12.5. The minimum absolute atomic E-state index is 0.0557. The maximum atomic E-state index is 13.1. The van der Waals surface area contributed by atoms with Crippen LogP contribution in [0.2, 0.25) is 0 Å². The van der Waals surface area contributed by atoms with Crippen LogP contribution < -0.4 is 4.74 Å². The Hall–Kier alpha value is -3.11. The largest absolute Gasteiger partial charge is 0.489 e. The fourth-order valence-electron chi connectivity index (χ4n) is 5.25. The van der Waals surface area contributed by atoms with Crippen molar-refractivity contribution in [2.45, 2.75) is 51.3 Å². The van der Waals surface area contributed by atoms with Gasteiger partial charge in [0.15, 0.2) is 0 Å². The number of carbonyl (C=O) groups is 1. The highest BCUT2D eigenvalue weighted by molar-refractivity contribution is 5.84. The van der Waals surface area contributed by atoms with Crippen molar-refractivity contribution in [2.75, 3.05) is 19.6 Å². The first kappa shape index (κ1) is 22.7. The summed E-state index contributed by atoms with van der Waals surface area (Å²) < 4.78 is 5.94. The number of nitrogens with zero attached hydrogens (tertiary/aromatic N) is 2. The average molecular weight is 455 g/mol. The third-order valence-electron chi connectivity index (χ3n) is 7.33. The summed E-state index contributed by atoms with van der Waals surface area (Å²) in [5, 5.41) is 0. The van der Waals surface area contributed by atoms with Crippen LogP contribution >= 0.6 is 0 Å². The molecule has 5 rings (SSSR count). The van der Waals surface area contributed by atoms with Crippen LogP contribution in [0.4, 0.5) is 0 Å². The lowest BCUT2D eigenvalue weighted by atomic mass is 9.88. The van der Waals surface area contributed by atoms with Gasteiger partial charge in [0.2, 0.25) is 5.91 Å². The second-order valence-corrected chi connectivity index (χ2v) is 9.70. The monoisotopic (exact) mass is 454 g/mol. The number of likely N-dealkylation sites (tertiary alicyclic amines) is 2. The van der Waals surface area contributed by atoms with E-state index in [1.807, 2.05) is 23.1 Å². The molecule has 34 heavy (non-hydrogen) atoms. The van der Waals surface area contributed by atoms with Gasteiger partial charge in [-0.1, -0.05) is 72.3 Å². The van der Waals surface area contributed by atoms with E-state index in [1.165, 1.54) is 22.3 Å². The quantitative estimate of drug-likeness (QED) is 0.469. The van der Waals surface area contributed by atoms with Crippen LogP contribution in [-0.2, 0) is 17.9 Å². The number of amides is 1. The van der Waals surface area contributed by atoms with E-state index in [2.05, 4.69) is 72.5 Å². The van der Waals surface area contributed by atoms with Crippen LogP contribution in [0.25, 0.3) is 0 Å². The predicted molar refractivity (Wildman–Crippen MR) is 136 cm³/mol. The van der Waals surface area contributed by atoms with Crippen LogP contribution in [0.3, 0.4) is 0 Å². The molecule has 2 aliphatic rings. The van der Waals surface area contributed by atoms with Crippen molar-refractivity contribution in [1.82, 2.24) is 9.80 Å². The molecule has 1 unspecified atom stereocenters. The van der Waals surface area contributed by atoms with Crippen molar-refractivity contribution in [3.05, 3.63) is 101 Å². The first-order valence-electron chi connectivity index (χ1n) is 12.5. The molecule has 1 amide bonds. The molecular formula is C30H34N2O2.